The molecule has 2 saturated heterocycles. The van der Waals surface area contributed by atoms with Gasteiger partial charge in [-0.3, -0.25) is 4.79 Å². The molecule has 1 atom stereocenters. The summed E-state index contributed by atoms with van der Waals surface area (Å²) in [5.74, 6) is 0.332. The predicted octanol–water partition coefficient (Wildman–Crippen LogP) is 1.85. The molecule has 1 N–H and O–H groups in total. The molecule has 0 aliphatic carbocycles. The van der Waals surface area contributed by atoms with Crippen LogP contribution in [0.5, 0.6) is 0 Å². The Morgan fingerprint density at radius 1 is 1.44 bits per heavy atom. The van der Waals surface area contributed by atoms with E-state index in [1.165, 1.54) is 0 Å². The number of anilines is 1. The van der Waals surface area contributed by atoms with Crippen molar-refractivity contribution in [1.29, 1.82) is 0 Å². The number of nitrogens with one attached hydrogen (secondary N) is 1. The van der Waals surface area contributed by atoms with E-state index in [1.54, 1.807) is 11.3 Å². The molecule has 2 aliphatic rings. The van der Waals surface area contributed by atoms with E-state index in [0.717, 1.165) is 44.6 Å². The molecule has 1 unspecified atom stereocenters. The highest BCUT2D eigenvalue weighted by Gasteiger charge is 2.47. The molecule has 0 radical (unpaired) electrons. The van der Waals surface area contributed by atoms with Crippen LogP contribution in [-0.4, -0.2) is 25.5 Å². The zero-order valence-corrected chi connectivity index (χ0v) is 10.1. The molecule has 2 fully saturated rings. The van der Waals surface area contributed by atoms with Crippen molar-refractivity contribution in [2.24, 2.45) is 5.41 Å². The van der Waals surface area contributed by atoms with Gasteiger partial charge in [-0.2, -0.15) is 11.3 Å². The van der Waals surface area contributed by atoms with Crippen LogP contribution in [-0.2, 0) is 4.79 Å². The standard InChI is InChI=1S/C12H16N2OS/c15-11-12(3-1-5-13-9-12)4-6-14(11)10-2-7-16-8-10/h2,7-8,13H,1,3-6,9H2. The molecule has 1 aromatic rings. The molecule has 3 heterocycles. The van der Waals surface area contributed by atoms with E-state index in [9.17, 15) is 4.79 Å². The Kier molecular flexibility index (Phi) is 2.48. The van der Waals surface area contributed by atoms with Gasteiger partial charge in [-0.15, -0.1) is 0 Å². The molecule has 1 amide bonds. The Balaban J connectivity index is 1.84. The quantitative estimate of drug-likeness (QED) is 0.807. The molecule has 1 aromatic heterocycles. The van der Waals surface area contributed by atoms with Crippen LogP contribution in [0, 0.1) is 5.41 Å². The second-order valence-corrected chi connectivity index (χ2v) is 5.53. The third-order valence-corrected chi connectivity index (χ3v) is 4.47. The van der Waals surface area contributed by atoms with Crippen LogP contribution < -0.4 is 10.2 Å². The SMILES string of the molecule is O=C1N(c2ccsc2)CCC12CCCNC2. The molecular formula is C12H16N2OS. The molecule has 3 rings (SSSR count). The molecule has 1 spiro atoms. The number of thiophene rings is 1. The van der Waals surface area contributed by atoms with Crippen molar-refractivity contribution in [2.45, 2.75) is 19.3 Å². The summed E-state index contributed by atoms with van der Waals surface area (Å²) in [5.41, 5.74) is 0.984. The Labute approximate surface area is 99.5 Å². The lowest BCUT2D eigenvalue weighted by molar-refractivity contribution is -0.126. The molecule has 16 heavy (non-hydrogen) atoms. The summed E-state index contributed by atoms with van der Waals surface area (Å²) >= 11 is 1.65. The highest BCUT2D eigenvalue weighted by atomic mass is 32.1. The van der Waals surface area contributed by atoms with Gasteiger partial charge in [-0.1, -0.05) is 0 Å². The van der Waals surface area contributed by atoms with Crippen LogP contribution in [0.1, 0.15) is 19.3 Å². The monoisotopic (exact) mass is 236 g/mol. The number of nitrogens with zero attached hydrogens (tertiary/aromatic N) is 1. The summed E-state index contributed by atoms with van der Waals surface area (Å²) in [6, 6.07) is 2.04. The Hall–Kier alpha value is -0.870. The first-order chi connectivity index (χ1) is 7.82. The van der Waals surface area contributed by atoms with Gasteiger partial charge in [0.2, 0.25) is 5.91 Å². The van der Waals surface area contributed by atoms with Crippen molar-refractivity contribution in [3.05, 3.63) is 16.8 Å². The largest absolute Gasteiger partial charge is 0.316 e. The van der Waals surface area contributed by atoms with Gasteiger partial charge < -0.3 is 10.2 Å². The molecule has 0 aromatic carbocycles. The van der Waals surface area contributed by atoms with Gasteiger partial charge in [0, 0.05) is 18.5 Å². The van der Waals surface area contributed by atoms with Gasteiger partial charge in [0.05, 0.1) is 11.1 Å². The minimum atomic E-state index is -0.0970. The number of hydrogen-bond donors (Lipinski definition) is 1. The van der Waals surface area contributed by atoms with E-state index in [1.807, 2.05) is 16.3 Å². The number of amides is 1. The van der Waals surface area contributed by atoms with E-state index in [0.29, 0.717) is 5.91 Å². The first kappa shape index (κ1) is 10.3. The Morgan fingerprint density at radius 2 is 2.38 bits per heavy atom. The number of carbonyl (C=O) groups is 1. The minimum absolute atomic E-state index is 0.0970. The second-order valence-electron chi connectivity index (χ2n) is 4.75. The van der Waals surface area contributed by atoms with E-state index in [4.69, 9.17) is 0 Å². The average molecular weight is 236 g/mol. The van der Waals surface area contributed by atoms with Gasteiger partial charge in [-0.05, 0) is 37.3 Å². The van der Waals surface area contributed by atoms with Gasteiger partial charge >= 0.3 is 0 Å². The zero-order chi connectivity index (χ0) is 11.0. The van der Waals surface area contributed by atoms with Crippen LogP contribution in [0.4, 0.5) is 5.69 Å². The van der Waals surface area contributed by atoms with Crippen LogP contribution in [0.3, 0.4) is 0 Å². The van der Waals surface area contributed by atoms with E-state index < -0.39 is 0 Å². The highest BCUT2D eigenvalue weighted by molar-refractivity contribution is 7.08. The first-order valence-electron chi connectivity index (χ1n) is 5.87. The fourth-order valence-corrected chi connectivity index (χ4v) is 3.48. The summed E-state index contributed by atoms with van der Waals surface area (Å²) in [5, 5.41) is 7.47. The van der Waals surface area contributed by atoms with Crippen molar-refractivity contribution in [1.82, 2.24) is 5.32 Å². The number of hydrogen-bond acceptors (Lipinski definition) is 3. The lowest BCUT2D eigenvalue weighted by Gasteiger charge is -2.32. The average Bonchev–Trinajstić information content (AvgIpc) is 2.92. The summed E-state index contributed by atoms with van der Waals surface area (Å²) in [6.45, 7) is 2.82. The van der Waals surface area contributed by atoms with Crippen molar-refractivity contribution < 1.29 is 4.79 Å². The lowest BCUT2D eigenvalue weighted by atomic mass is 9.79. The van der Waals surface area contributed by atoms with Gasteiger partial charge in [0.25, 0.3) is 0 Å². The molecule has 3 nitrogen and oxygen atoms in total. The minimum Gasteiger partial charge on any atom is -0.316 e. The first-order valence-corrected chi connectivity index (χ1v) is 6.81. The summed E-state index contributed by atoms with van der Waals surface area (Å²) in [7, 11) is 0. The summed E-state index contributed by atoms with van der Waals surface area (Å²) < 4.78 is 0. The maximum absolute atomic E-state index is 12.5. The summed E-state index contributed by atoms with van der Waals surface area (Å²) in [6.07, 6.45) is 3.19. The normalized spacial score (nSPS) is 30.2. The Morgan fingerprint density at radius 3 is 3.06 bits per heavy atom. The lowest BCUT2D eigenvalue weighted by Crippen LogP contribution is -2.45. The van der Waals surface area contributed by atoms with Crippen LogP contribution in [0.25, 0.3) is 0 Å². The fraction of sp³-hybridized carbons (Fsp3) is 0.583. The number of piperidine rings is 1. The smallest absolute Gasteiger partial charge is 0.234 e. The number of rotatable bonds is 1. The highest BCUT2D eigenvalue weighted by Crippen LogP contribution is 2.40. The van der Waals surface area contributed by atoms with Crippen molar-refractivity contribution in [2.75, 3.05) is 24.5 Å². The fourth-order valence-electron chi connectivity index (χ4n) is 2.84. The molecule has 86 valence electrons. The van der Waals surface area contributed by atoms with Crippen LogP contribution >= 0.6 is 11.3 Å². The maximum atomic E-state index is 12.5. The molecular weight excluding hydrogens is 220 g/mol. The zero-order valence-electron chi connectivity index (χ0n) is 9.24. The third-order valence-electron chi connectivity index (χ3n) is 3.80. The van der Waals surface area contributed by atoms with Crippen LogP contribution in [0.2, 0.25) is 0 Å². The molecule has 0 saturated carbocycles. The van der Waals surface area contributed by atoms with Gasteiger partial charge in [0.15, 0.2) is 0 Å². The van der Waals surface area contributed by atoms with E-state index in [2.05, 4.69) is 10.7 Å². The third kappa shape index (κ3) is 1.48. The van der Waals surface area contributed by atoms with Gasteiger partial charge in [-0.25, -0.2) is 0 Å². The van der Waals surface area contributed by atoms with Crippen molar-refractivity contribution in [3.8, 4) is 0 Å². The van der Waals surface area contributed by atoms with E-state index in [-0.39, 0.29) is 5.41 Å². The molecule has 2 aliphatic heterocycles. The predicted molar refractivity (Wildman–Crippen MR) is 65.8 cm³/mol. The Bertz CT molecular complexity index is 382. The number of carbonyl (C=O) groups excluding carboxylic acids is 1. The van der Waals surface area contributed by atoms with Crippen molar-refractivity contribution in [3.63, 3.8) is 0 Å². The molecule has 0 bridgehead atoms. The summed E-state index contributed by atoms with van der Waals surface area (Å²) in [4.78, 5) is 14.4. The second kappa shape index (κ2) is 3.86. The van der Waals surface area contributed by atoms with E-state index >= 15 is 0 Å². The maximum Gasteiger partial charge on any atom is 0.234 e. The van der Waals surface area contributed by atoms with Gasteiger partial charge in [0.1, 0.15) is 0 Å². The topological polar surface area (TPSA) is 32.3 Å². The van der Waals surface area contributed by atoms with Crippen LogP contribution in [0.15, 0.2) is 16.8 Å². The molecule has 4 heteroatoms. The van der Waals surface area contributed by atoms with Crippen molar-refractivity contribution >= 4 is 22.9 Å².